The maximum atomic E-state index is 11.4. The van der Waals surface area contributed by atoms with Gasteiger partial charge in [0, 0.05) is 37.4 Å². The molecule has 1 aromatic carbocycles. The third-order valence-corrected chi connectivity index (χ3v) is 3.55. The van der Waals surface area contributed by atoms with Crippen LogP contribution in [0.5, 0.6) is 0 Å². The molecular weight excluding hydrogens is 256 g/mol. The fourth-order valence-electron chi connectivity index (χ4n) is 2.22. The summed E-state index contributed by atoms with van der Waals surface area (Å²) in [6.45, 7) is 3.49. The van der Waals surface area contributed by atoms with Gasteiger partial charge in [-0.3, -0.25) is 5.41 Å². The highest BCUT2D eigenvalue weighted by atomic mass is 16.5. The summed E-state index contributed by atoms with van der Waals surface area (Å²) in [5.41, 5.74) is 7.45. The van der Waals surface area contributed by atoms with Crippen LogP contribution in [0, 0.1) is 5.41 Å². The Bertz CT molecular complexity index is 522. The number of piperazine rings is 1. The number of likely N-dealkylation sites (N-methyl/N-ethyl adjacent to an activating group) is 1. The van der Waals surface area contributed by atoms with Crippen LogP contribution < -0.4 is 5.73 Å². The Morgan fingerprint density at radius 3 is 2.50 bits per heavy atom. The number of benzene rings is 1. The summed E-state index contributed by atoms with van der Waals surface area (Å²) in [6, 6.07) is 4.91. The molecule has 6 heteroatoms. The molecule has 0 amide bonds. The van der Waals surface area contributed by atoms with Crippen molar-refractivity contribution < 1.29 is 9.53 Å². The third-order valence-electron chi connectivity index (χ3n) is 3.55. The van der Waals surface area contributed by atoms with Gasteiger partial charge in [-0.1, -0.05) is 0 Å². The molecule has 0 radical (unpaired) electrons. The van der Waals surface area contributed by atoms with Gasteiger partial charge < -0.3 is 20.3 Å². The van der Waals surface area contributed by atoms with Crippen molar-refractivity contribution in [2.45, 2.75) is 0 Å². The van der Waals surface area contributed by atoms with Gasteiger partial charge in [-0.2, -0.15) is 0 Å². The number of amidine groups is 1. The molecule has 1 aliphatic heterocycles. The number of carbonyl (C=O) groups excluding carboxylic acids is 1. The number of ether oxygens (including phenoxy) is 1. The van der Waals surface area contributed by atoms with Gasteiger partial charge >= 0.3 is 5.97 Å². The normalized spacial score (nSPS) is 16.0. The van der Waals surface area contributed by atoms with Crippen LogP contribution in [0.4, 0.5) is 5.69 Å². The van der Waals surface area contributed by atoms with Crippen LogP contribution in [0.15, 0.2) is 18.2 Å². The van der Waals surface area contributed by atoms with Crippen molar-refractivity contribution in [3.05, 3.63) is 29.3 Å². The monoisotopic (exact) mass is 276 g/mol. The van der Waals surface area contributed by atoms with Gasteiger partial charge in [-0.05, 0) is 25.2 Å². The van der Waals surface area contributed by atoms with E-state index in [1.807, 2.05) is 4.90 Å². The first-order chi connectivity index (χ1) is 9.52. The molecule has 6 nitrogen and oxygen atoms in total. The van der Waals surface area contributed by atoms with E-state index in [9.17, 15) is 4.79 Å². The lowest BCUT2D eigenvalue weighted by Gasteiger charge is -2.34. The SMILES string of the molecule is COC(=O)c1ccc(C(=N)N2CCN(C)CC2)c(N)c1. The van der Waals surface area contributed by atoms with Crippen molar-refractivity contribution in [2.75, 3.05) is 46.1 Å². The Hall–Kier alpha value is -2.08. The molecule has 0 unspecified atom stereocenters. The number of nitrogens with one attached hydrogen (secondary N) is 1. The van der Waals surface area contributed by atoms with Gasteiger partial charge in [0.25, 0.3) is 0 Å². The minimum Gasteiger partial charge on any atom is -0.465 e. The van der Waals surface area contributed by atoms with Crippen LogP contribution in [-0.2, 0) is 4.74 Å². The summed E-state index contributed by atoms with van der Waals surface area (Å²) in [6.07, 6.45) is 0. The molecule has 1 aromatic rings. The largest absolute Gasteiger partial charge is 0.465 e. The molecule has 3 N–H and O–H groups in total. The van der Waals surface area contributed by atoms with Gasteiger partial charge in [0.05, 0.1) is 12.7 Å². The van der Waals surface area contributed by atoms with Crippen molar-refractivity contribution in [2.24, 2.45) is 0 Å². The number of nitrogens with two attached hydrogens (primary N) is 1. The van der Waals surface area contributed by atoms with Crippen molar-refractivity contribution >= 4 is 17.5 Å². The molecule has 2 rings (SSSR count). The number of hydrogen-bond acceptors (Lipinski definition) is 5. The second-order valence-electron chi connectivity index (χ2n) is 4.93. The molecule has 1 saturated heterocycles. The summed E-state index contributed by atoms with van der Waals surface area (Å²) >= 11 is 0. The predicted molar refractivity (Wildman–Crippen MR) is 78.1 cm³/mol. The number of nitrogens with zero attached hydrogens (tertiary/aromatic N) is 2. The second-order valence-corrected chi connectivity index (χ2v) is 4.93. The molecular formula is C14H20N4O2. The zero-order valence-electron chi connectivity index (χ0n) is 11.8. The van der Waals surface area contributed by atoms with Gasteiger partial charge in [0.2, 0.25) is 0 Å². The number of methoxy groups -OCH3 is 1. The smallest absolute Gasteiger partial charge is 0.337 e. The summed E-state index contributed by atoms with van der Waals surface area (Å²) in [4.78, 5) is 15.7. The van der Waals surface area contributed by atoms with Gasteiger partial charge in [-0.25, -0.2) is 4.79 Å². The lowest BCUT2D eigenvalue weighted by molar-refractivity contribution is 0.0601. The van der Waals surface area contributed by atoms with E-state index in [2.05, 4.69) is 16.7 Å². The van der Waals surface area contributed by atoms with Crippen molar-refractivity contribution in [3.8, 4) is 0 Å². The van der Waals surface area contributed by atoms with Crippen molar-refractivity contribution in [1.82, 2.24) is 9.80 Å². The number of hydrogen-bond donors (Lipinski definition) is 2. The standard InChI is InChI=1S/C14H20N4O2/c1-17-5-7-18(8-6-17)13(16)11-4-3-10(9-12(11)15)14(19)20-2/h3-4,9,16H,5-8,15H2,1-2H3. The Morgan fingerprint density at radius 1 is 1.30 bits per heavy atom. The summed E-state index contributed by atoms with van der Waals surface area (Å²) in [7, 11) is 3.40. The van der Waals surface area contributed by atoms with Crippen LogP contribution in [0.2, 0.25) is 0 Å². The van der Waals surface area contributed by atoms with Crippen LogP contribution in [-0.4, -0.2) is 61.9 Å². The first-order valence-electron chi connectivity index (χ1n) is 6.53. The van der Waals surface area contributed by atoms with E-state index in [4.69, 9.17) is 11.1 Å². The molecule has 0 aromatic heterocycles. The first-order valence-corrected chi connectivity index (χ1v) is 6.53. The number of esters is 1. The predicted octanol–water partition coefficient (Wildman–Crippen LogP) is 0.628. The Kier molecular flexibility index (Phi) is 4.24. The minimum atomic E-state index is -0.422. The van der Waals surface area contributed by atoms with E-state index in [1.54, 1.807) is 18.2 Å². The maximum absolute atomic E-state index is 11.4. The van der Waals surface area contributed by atoms with Crippen LogP contribution in [0.25, 0.3) is 0 Å². The first kappa shape index (κ1) is 14.3. The van der Waals surface area contributed by atoms with Gasteiger partial charge in [-0.15, -0.1) is 0 Å². The van der Waals surface area contributed by atoms with Gasteiger partial charge in [0.1, 0.15) is 5.84 Å². The fourth-order valence-corrected chi connectivity index (χ4v) is 2.22. The zero-order chi connectivity index (χ0) is 14.7. The van der Waals surface area contributed by atoms with Crippen LogP contribution >= 0.6 is 0 Å². The summed E-state index contributed by atoms with van der Waals surface area (Å²) in [5.74, 6) is -0.0126. The highest BCUT2D eigenvalue weighted by molar-refractivity contribution is 6.02. The Morgan fingerprint density at radius 2 is 1.95 bits per heavy atom. The molecule has 0 spiro atoms. The van der Waals surface area contributed by atoms with Gasteiger partial charge in [0.15, 0.2) is 0 Å². The Balaban J connectivity index is 2.16. The highest BCUT2D eigenvalue weighted by Crippen LogP contribution is 2.18. The van der Waals surface area contributed by atoms with Crippen molar-refractivity contribution in [3.63, 3.8) is 0 Å². The number of anilines is 1. The van der Waals surface area contributed by atoms with E-state index in [-0.39, 0.29) is 0 Å². The molecule has 20 heavy (non-hydrogen) atoms. The maximum Gasteiger partial charge on any atom is 0.337 e. The topological polar surface area (TPSA) is 82.7 Å². The third kappa shape index (κ3) is 2.91. The van der Waals surface area contributed by atoms with E-state index < -0.39 is 5.97 Å². The van der Waals surface area contributed by atoms with Crippen LogP contribution in [0.1, 0.15) is 15.9 Å². The van der Waals surface area contributed by atoms with Crippen LogP contribution in [0.3, 0.4) is 0 Å². The number of nitrogen functional groups attached to an aromatic ring is 1. The highest BCUT2D eigenvalue weighted by Gasteiger charge is 2.19. The molecule has 1 fully saturated rings. The lowest BCUT2D eigenvalue weighted by atomic mass is 10.1. The molecule has 0 atom stereocenters. The molecule has 0 aliphatic carbocycles. The Labute approximate surface area is 118 Å². The summed E-state index contributed by atoms with van der Waals surface area (Å²) < 4.78 is 4.66. The molecule has 1 heterocycles. The average Bonchev–Trinajstić information content (AvgIpc) is 2.46. The molecule has 108 valence electrons. The van der Waals surface area contributed by atoms with E-state index >= 15 is 0 Å². The second kappa shape index (κ2) is 5.92. The summed E-state index contributed by atoms with van der Waals surface area (Å²) in [5, 5.41) is 8.26. The quantitative estimate of drug-likeness (QED) is 0.358. The number of rotatable bonds is 2. The molecule has 0 bridgehead atoms. The van der Waals surface area contributed by atoms with E-state index in [0.717, 1.165) is 26.2 Å². The lowest BCUT2D eigenvalue weighted by Crippen LogP contribution is -2.47. The van der Waals surface area contributed by atoms with Crippen molar-refractivity contribution in [1.29, 1.82) is 5.41 Å². The minimum absolute atomic E-state index is 0.403. The van der Waals surface area contributed by atoms with E-state index in [1.165, 1.54) is 7.11 Å². The van der Waals surface area contributed by atoms with E-state index in [0.29, 0.717) is 22.6 Å². The fraction of sp³-hybridized carbons (Fsp3) is 0.429. The molecule has 0 saturated carbocycles. The number of carbonyl (C=O) groups is 1. The average molecular weight is 276 g/mol. The zero-order valence-corrected chi connectivity index (χ0v) is 11.8. The molecule has 1 aliphatic rings.